The number of methoxy groups -OCH3 is 1. The van der Waals surface area contributed by atoms with Crippen molar-refractivity contribution < 1.29 is 4.74 Å². The van der Waals surface area contributed by atoms with Gasteiger partial charge in [-0.15, -0.1) is 0 Å². The molecule has 0 fully saturated rings. The molecule has 0 heterocycles. The van der Waals surface area contributed by atoms with E-state index in [0.29, 0.717) is 11.5 Å². The first kappa shape index (κ1) is 8.12. The van der Waals surface area contributed by atoms with E-state index in [9.17, 15) is 0 Å². The highest BCUT2D eigenvalue weighted by Gasteiger charge is 2.24. The molecule has 0 saturated carbocycles. The van der Waals surface area contributed by atoms with Gasteiger partial charge in [-0.1, -0.05) is 29.3 Å². The Morgan fingerprint density at radius 2 is 2.40 bits per heavy atom. The average molecular weight is 179 g/mol. The maximum absolute atomic E-state index is 5.92. The van der Waals surface area contributed by atoms with Crippen LogP contribution in [0.1, 0.15) is 6.42 Å². The number of alkyl halides is 1. The van der Waals surface area contributed by atoms with Gasteiger partial charge in [0, 0.05) is 18.6 Å². The van der Waals surface area contributed by atoms with Crippen LogP contribution in [0.25, 0.3) is 0 Å². The molecule has 1 atom stereocenters. The zero-order chi connectivity index (χ0) is 7.61. The van der Waals surface area contributed by atoms with Crippen molar-refractivity contribution in [2.45, 2.75) is 11.5 Å². The Morgan fingerprint density at radius 3 is 2.80 bits per heavy atom. The molecule has 1 aliphatic rings. The van der Waals surface area contributed by atoms with Crippen molar-refractivity contribution in [2.75, 3.05) is 7.11 Å². The van der Waals surface area contributed by atoms with Crippen molar-refractivity contribution in [2.24, 2.45) is 0 Å². The second-order valence-corrected chi connectivity index (χ2v) is 3.20. The van der Waals surface area contributed by atoms with E-state index < -0.39 is 5.06 Å². The van der Waals surface area contributed by atoms with Gasteiger partial charge >= 0.3 is 0 Å². The van der Waals surface area contributed by atoms with Crippen LogP contribution in [0, 0.1) is 0 Å². The first-order chi connectivity index (χ1) is 4.66. The average Bonchev–Trinajstić information content (AvgIpc) is 1.88. The van der Waals surface area contributed by atoms with E-state index in [1.165, 1.54) is 0 Å². The van der Waals surface area contributed by atoms with Gasteiger partial charge < -0.3 is 4.74 Å². The highest BCUT2D eigenvalue weighted by Crippen LogP contribution is 2.29. The molecule has 1 nitrogen and oxygen atoms in total. The second-order valence-electron chi connectivity index (χ2n) is 2.13. The standard InChI is InChI=1S/C7H8Cl2O/c1-10-7(9)4-2-3-6(8)5-7/h2-3,5H,4H2,1H3. The molecule has 0 spiro atoms. The second kappa shape index (κ2) is 2.95. The van der Waals surface area contributed by atoms with E-state index in [0.717, 1.165) is 0 Å². The monoisotopic (exact) mass is 178 g/mol. The summed E-state index contributed by atoms with van der Waals surface area (Å²) < 4.78 is 5.00. The van der Waals surface area contributed by atoms with Gasteiger partial charge in [-0.3, -0.25) is 0 Å². The first-order valence-corrected chi connectivity index (χ1v) is 3.71. The van der Waals surface area contributed by atoms with Gasteiger partial charge in [-0.2, -0.15) is 0 Å². The smallest absolute Gasteiger partial charge is 0.165 e. The molecular weight excluding hydrogens is 171 g/mol. The van der Waals surface area contributed by atoms with Crippen molar-refractivity contribution in [3.8, 4) is 0 Å². The van der Waals surface area contributed by atoms with E-state index >= 15 is 0 Å². The normalized spacial score (nSPS) is 32.1. The van der Waals surface area contributed by atoms with E-state index in [-0.39, 0.29) is 0 Å². The molecule has 0 bridgehead atoms. The molecular formula is C7H8Cl2O. The van der Waals surface area contributed by atoms with Gasteiger partial charge in [-0.05, 0) is 12.2 Å². The quantitative estimate of drug-likeness (QED) is 0.562. The molecule has 0 amide bonds. The minimum absolute atomic E-state index is 0.628. The molecule has 0 aromatic heterocycles. The number of halogens is 2. The molecule has 56 valence electrons. The van der Waals surface area contributed by atoms with Crippen LogP contribution in [-0.4, -0.2) is 12.2 Å². The van der Waals surface area contributed by atoms with Crippen LogP contribution in [0.3, 0.4) is 0 Å². The molecule has 0 aliphatic heterocycles. The van der Waals surface area contributed by atoms with Crippen LogP contribution < -0.4 is 0 Å². The van der Waals surface area contributed by atoms with Crippen molar-refractivity contribution in [3.63, 3.8) is 0 Å². The van der Waals surface area contributed by atoms with Crippen molar-refractivity contribution in [1.82, 2.24) is 0 Å². The Hall–Kier alpha value is 0.0200. The van der Waals surface area contributed by atoms with Gasteiger partial charge in [0.05, 0.1) is 0 Å². The largest absolute Gasteiger partial charge is 0.359 e. The molecule has 1 rings (SSSR count). The number of ether oxygens (including phenoxy) is 1. The lowest BCUT2D eigenvalue weighted by atomic mass is 10.1. The Balaban J connectivity index is 2.76. The third-order valence-electron chi connectivity index (χ3n) is 1.37. The minimum Gasteiger partial charge on any atom is -0.359 e. The summed E-state index contributed by atoms with van der Waals surface area (Å²) in [7, 11) is 1.56. The molecule has 1 aliphatic carbocycles. The van der Waals surface area contributed by atoms with Crippen molar-refractivity contribution >= 4 is 23.2 Å². The van der Waals surface area contributed by atoms with Crippen LogP contribution >= 0.6 is 23.2 Å². The van der Waals surface area contributed by atoms with Gasteiger partial charge in [-0.25, -0.2) is 0 Å². The maximum atomic E-state index is 5.92. The number of allylic oxidation sites excluding steroid dienone is 2. The highest BCUT2D eigenvalue weighted by molar-refractivity contribution is 6.33. The third kappa shape index (κ3) is 1.75. The summed E-state index contributed by atoms with van der Waals surface area (Å²) in [5.74, 6) is 0. The minimum atomic E-state index is -0.716. The molecule has 0 N–H and O–H groups in total. The summed E-state index contributed by atoms with van der Waals surface area (Å²) in [6.45, 7) is 0. The lowest BCUT2D eigenvalue weighted by molar-refractivity contribution is 0.106. The van der Waals surface area contributed by atoms with Gasteiger partial charge in [0.2, 0.25) is 0 Å². The molecule has 1 unspecified atom stereocenters. The summed E-state index contributed by atoms with van der Waals surface area (Å²) in [6, 6.07) is 0. The predicted molar refractivity (Wildman–Crippen MR) is 43.3 cm³/mol. The van der Waals surface area contributed by atoms with Crippen LogP contribution in [-0.2, 0) is 4.74 Å². The number of hydrogen-bond donors (Lipinski definition) is 0. The predicted octanol–water partition coefficient (Wildman–Crippen LogP) is 2.65. The van der Waals surface area contributed by atoms with Gasteiger partial charge in [0.25, 0.3) is 0 Å². The SMILES string of the molecule is COC1(Cl)C=C(Cl)C=CC1. The fourth-order valence-electron chi connectivity index (χ4n) is 0.787. The lowest BCUT2D eigenvalue weighted by Gasteiger charge is -2.22. The zero-order valence-corrected chi connectivity index (χ0v) is 7.12. The van der Waals surface area contributed by atoms with Crippen LogP contribution in [0.4, 0.5) is 0 Å². The molecule has 0 aromatic rings. The van der Waals surface area contributed by atoms with Gasteiger partial charge in [0.1, 0.15) is 0 Å². The molecule has 0 radical (unpaired) electrons. The summed E-state index contributed by atoms with van der Waals surface area (Å²) in [5, 5.41) is -0.0886. The Morgan fingerprint density at radius 1 is 1.70 bits per heavy atom. The van der Waals surface area contributed by atoms with Crippen molar-refractivity contribution in [3.05, 3.63) is 23.3 Å². The van der Waals surface area contributed by atoms with Crippen LogP contribution in [0.2, 0.25) is 0 Å². The Labute approximate surface area is 70.3 Å². The highest BCUT2D eigenvalue weighted by atomic mass is 35.5. The van der Waals surface area contributed by atoms with E-state index in [2.05, 4.69) is 0 Å². The first-order valence-electron chi connectivity index (χ1n) is 2.95. The number of rotatable bonds is 1. The third-order valence-corrected chi connectivity index (χ3v) is 2.02. The van der Waals surface area contributed by atoms with E-state index in [1.54, 1.807) is 19.3 Å². The Kier molecular flexibility index (Phi) is 2.40. The molecule has 0 aromatic carbocycles. The van der Waals surface area contributed by atoms with Crippen LogP contribution in [0.15, 0.2) is 23.3 Å². The Bertz CT molecular complexity index is 186. The van der Waals surface area contributed by atoms with Crippen molar-refractivity contribution in [1.29, 1.82) is 0 Å². The lowest BCUT2D eigenvalue weighted by Crippen LogP contribution is -2.21. The summed E-state index contributed by atoms with van der Waals surface area (Å²) in [4.78, 5) is 0. The molecule has 10 heavy (non-hydrogen) atoms. The molecule has 0 saturated heterocycles. The topological polar surface area (TPSA) is 9.23 Å². The fraction of sp³-hybridized carbons (Fsp3) is 0.429. The van der Waals surface area contributed by atoms with E-state index in [1.807, 2.05) is 6.08 Å². The van der Waals surface area contributed by atoms with Crippen LogP contribution in [0.5, 0.6) is 0 Å². The summed E-state index contributed by atoms with van der Waals surface area (Å²) >= 11 is 11.6. The zero-order valence-electron chi connectivity index (χ0n) is 5.60. The summed E-state index contributed by atoms with van der Waals surface area (Å²) in [6.07, 6.45) is 6.05. The summed E-state index contributed by atoms with van der Waals surface area (Å²) in [5.41, 5.74) is 0. The van der Waals surface area contributed by atoms with E-state index in [4.69, 9.17) is 27.9 Å². The fourth-order valence-corrected chi connectivity index (χ4v) is 1.32. The molecule has 3 heteroatoms. The number of hydrogen-bond acceptors (Lipinski definition) is 1. The van der Waals surface area contributed by atoms with Gasteiger partial charge in [0.15, 0.2) is 5.06 Å². The maximum Gasteiger partial charge on any atom is 0.165 e.